The van der Waals surface area contributed by atoms with E-state index < -0.39 is 23.1 Å². The van der Waals surface area contributed by atoms with Crippen molar-refractivity contribution in [2.24, 2.45) is 7.05 Å². The molecule has 3 aromatic carbocycles. The Kier molecular flexibility index (Phi) is 8.10. The Balaban J connectivity index is 1.17. The molecule has 7 aromatic rings. The van der Waals surface area contributed by atoms with Gasteiger partial charge in [-0.15, -0.1) is 0 Å². The van der Waals surface area contributed by atoms with Gasteiger partial charge in [0.2, 0.25) is 0 Å². The second kappa shape index (κ2) is 12.8. The van der Waals surface area contributed by atoms with Crippen molar-refractivity contribution < 1.29 is 23.0 Å². The van der Waals surface area contributed by atoms with Gasteiger partial charge < -0.3 is 14.8 Å². The number of methoxy groups -OCH3 is 1. The number of aryl methyl sites for hydroxylation is 1. The molecule has 0 aliphatic rings. The molecule has 0 spiro atoms. The van der Waals surface area contributed by atoms with Gasteiger partial charge in [0, 0.05) is 43.0 Å². The van der Waals surface area contributed by atoms with Crippen molar-refractivity contribution in [1.82, 2.24) is 34.3 Å². The maximum absolute atomic E-state index is 15.5. The van der Waals surface area contributed by atoms with Crippen molar-refractivity contribution in [1.29, 1.82) is 0 Å². The van der Waals surface area contributed by atoms with Crippen LogP contribution >= 0.6 is 0 Å². The van der Waals surface area contributed by atoms with Crippen LogP contribution in [0.1, 0.15) is 15.9 Å². The van der Waals surface area contributed by atoms with Crippen LogP contribution in [-0.2, 0) is 13.6 Å². The monoisotopic (exact) mass is 660 g/mol. The summed E-state index contributed by atoms with van der Waals surface area (Å²) in [5, 5.41) is 16.2. The van der Waals surface area contributed by atoms with Crippen molar-refractivity contribution in [2.45, 2.75) is 6.54 Å². The minimum atomic E-state index is -0.780. The number of carbonyl (C=O) groups excluding carboxylic acids is 1. The van der Waals surface area contributed by atoms with Gasteiger partial charge in [-0.05, 0) is 66.2 Å². The number of anilines is 1. The third kappa shape index (κ3) is 6.22. The first kappa shape index (κ1) is 30.9. The third-order valence-corrected chi connectivity index (χ3v) is 7.64. The second-order valence-corrected chi connectivity index (χ2v) is 10.9. The molecule has 0 unspecified atom stereocenters. The minimum absolute atomic E-state index is 0.0858. The lowest BCUT2D eigenvalue weighted by molar-refractivity contribution is 0.102. The van der Waals surface area contributed by atoms with E-state index in [1.54, 1.807) is 42.0 Å². The molecule has 0 fully saturated rings. The van der Waals surface area contributed by atoms with E-state index in [-0.39, 0.29) is 22.7 Å². The molecule has 0 saturated heterocycles. The highest BCUT2D eigenvalue weighted by Gasteiger charge is 2.21. The summed E-state index contributed by atoms with van der Waals surface area (Å²) in [5.74, 6) is -1.12. The van der Waals surface area contributed by atoms with Crippen LogP contribution in [0.25, 0.3) is 28.0 Å². The van der Waals surface area contributed by atoms with Gasteiger partial charge in [-0.1, -0.05) is 12.1 Å². The summed E-state index contributed by atoms with van der Waals surface area (Å²) in [7, 11) is 3.40. The third-order valence-electron chi connectivity index (χ3n) is 7.64. The van der Waals surface area contributed by atoms with Crippen molar-refractivity contribution in [3.8, 4) is 34.2 Å². The SMILES string of the molecule is COc1ccc(Cn2nc(-c3cnn(C)c3)c3c(Oc4ccc(NC(=O)c5ccnn(-c6ccc(F)cc6)c5=O)cc4F)ccnc32)cc1. The topological polar surface area (TPSA) is 131 Å². The average Bonchev–Trinajstić information content (AvgIpc) is 3.70. The average molecular weight is 661 g/mol. The summed E-state index contributed by atoms with van der Waals surface area (Å²) in [6.45, 7) is 0.395. The van der Waals surface area contributed by atoms with E-state index in [4.69, 9.17) is 14.6 Å². The van der Waals surface area contributed by atoms with E-state index in [1.165, 1.54) is 48.7 Å². The summed E-state index contributed by atoms with van der Waals surface area (Å²) < 4.78 is 44.6. The molecule has 0 radical (unpaired) electrons. The lowest BCUT2D eigenvalue weighted by atomic mass is 10.1. The van der Waals surface area contributed by atoms with Crippen LogP contribution in [0.5, 0.6) is 17.2 Å². The van der Waals surface area contributed by atoms with Gasteiger partial charge in [0.05, 0.1) is 30.9 Å². The van der Waals surface area contributed by atoms with Crippen molar-refractivity contribution in [2.75, 3.05) is 12.4 Å². The molecule has 0 aliphatic carbocycles. The van der Waals surface area contributed by atoms with Crippen LogP contribution in [0, 0.1) is 11.6 Å². The number of pyridine rings is 1. The normalized spacial score (nSPS) is 11.1. The fourth-order valence-corrected chi connectivity index (χ4v) is 5.24. The van der Waals surface area contributed by atoms with Crippen LogP contribution in [0.2, 0.25) is 0 Å². The van der Waals surface area contributed by atoms with E-state index in [9.17, 15) is 14.0 Å². The largest absolute Gasteiger partial charge is 0.497 e. The van der Waals surface area contributed by atoms with E-state index in [0.29, 0.717) is 34.6 Å². The summed E-state index contributed by atoms with van der Waals surface area (Å²) >= 11 is 0. The Morgan fingerprint density at radius 2 is 1.71 bits per heavy atom. The number of nitrogens with zero attached hydrogens (tertiary/aromatic N) is 7. The fraction of sp³-hybridized carbons (Fsp3) is 0.0857. The van der Waals surface area contributed by atoms with Crippen LogP contribution in [0.4, 0.5) is 14.5 Å². The van der Waals surface area contributed by atoms with Crippen LogP contribution in [-0.4, -0.2) is 47.3 Å². The Morgan fingerprint density at radius 1 is 0.918 bits per heavy atom. The molecule has 4 aromatic heterocycles. The van der Waals surface area contributed by atoms with Crippen molar-refractivity contribution in [3.63, 3.8) is 0 Å². The second-order valence-electron chi connectivity index (χ2n) is 10.9. The van der Waals surface area contributed by atoms with E-state index in [2.05, 4.69) is 20.5 Å². The first-order valence-electron chi connectivity index (χ1n) is 14.9. The van der Waals surface area contributed by atoms with Crippen molar-refractivity contribution in [3.05, 3.63) is 137 Å². The number of nitrogens with one attached hydrogen (secondary N) is 1. The molecule has 0 atom stereocenters. The lowest BCUT2D eigenvalue weighted by Crippen LogP contribution is -2.29. The predicted octanol–water partition coefficient (Wildman–Crippen LogP) is 5.76. The lowest BCUT2D eigenvalue weighted by Gasteiger charge is -2.11. The van der Waals surface area contributed by atoms with Gasteiger partial charge in [0.15, 0.2) is 17.2 Å². The summed E-state index contributed by atoms with van der Waals surface area (Å²) in [4.78, 5) is 30.6. The zero-order valence-electron chi connectivity index (χ0n) is 26.0. The molecular weight excluding hydrogens is 634 g/mol. The fourth-order valence-electron chi connectivity index (χ4n) is 5.24. The Bertz CT molecular complexity index is 2390. The van der Waals surface area contributed by atoms with Crippen LogP contribution < -0.4 is 20.3 Å². The smallest absolute Gasteiger partial charge is 0.284 e. The quantitative estimate of drug-likeness (QED) is 0.207. The number of amides is 1. The summed E-state index contributed by atoms with van der Waals surface area (Å²) in [5.41, 5.74) is 2.12. The Morgan fingerprint density at radius 3 is 2.43 bits per heavy atom. The molecular formula is C35H26F2N8O4. The molecule has 244 valence electrons. The van der Waals surface area contributed by atoms with E-state index >= 15 is 4.39 Å². The predicted molar refractivity (Wildman–Crippen MR) is 176 cm³/mol. The van der Waals surface area contributed by atoms with E-state index in [0.717, 1.165) is 22.1 Å². The zero-order valence-corrected chi connectivity index (χ0v) is 26.0. The summed E-state index contributed by atoms with van der Waals surface area (Å²) in [6.07, 6.45) is 6.31. The van der Waals surface area contributed by atoms with Crippen LogP contribution in [0.3, 0.4) is 0 Å². The maximum Gasteiger partial charge on any atom is 0.284 e. The van der Waals surface area contributed by atoms with Crippen molar-refractivity contribution >= 4 is 22.6 Å². The van der Waals surface area contributed by atoms with Gasteiger partial charge in [0.1, 0.15) is 28.6 Å². The zero-order chi connectivity index (χ0) is 34.1. The first-order valence-corrected chi connectivity index (χ1v) is 14.9. The van der Waals surface area contributed by atoms with E-state index in [1.807, 2.05) is 30.5 Å². The number of benzene rings is 3. The number of halogens is 2. The number of fused-ring (bicyclic) bond motifs is 1. The number of hydrogen-bond donors (Lipinski definition) is 1. The van der Waals surface area contributed by atoms with Gasteiger partial charge in [-0.25, -0.2) is 18.4 Å². The molecule has 7 rings (SSSR count). The molecule has 4 heterocycles. The van der Waals surface area contributed by atoms with Gasteiger partial charge in [-0.3, -0.25) is 14.3 Å². The Hall–Kier alpha value is -6.70. The standard InChI is InChI=1S/C35H26F2N8O4/c1-43-20-22(18-40-43)32-31-30(14-15-38-33(31)44(42-32)19-21-3-10-26(48-2)11-4-21)49-29-12-7-24(17-28(29)37)41-34(46)27-13-16-39-45(35(27)47)25-8-5-23(36)6-9-25/h3-18,20H,19H2,1-2H3,(H,41,46). The number of hydrogen-bond acceptors (Lipinski definition) is 8. The highest BCUT2D eigenvalue weighted by molar-refractivity contribution is 6.04. The molecule has 0 aliphatic heterocycles. The maximum atomic E-state index is 15.5. The minimum Gasteiger partial charge on any atom is -0.497 e. The highest BCUT2D eigenvalue weighted by atomic mass is 19.1. The molecule has 12 nitrogen and oxygen atoms in total. The number of aromatic nitrogens is 7. The summed E-state index contributed by atoms with van der Waals surface area (Å²) in [6, 6.07) is 19.4. The number of carbonyl (C=O) groups is 1. The highest BCUT2D eigenvalue weighted by Crippen LogP contribution is 2.37. The molecule has 49 heavy (non-hydrogen) atoms. The molecule has 1 N–H and O–H groups in total. The van der Waals surface area contributed by atoms with Gasteiger partial charge in [-0.2, -0.15) is 20.0 Å². The van der Waals surface area contributed by atoms with Crippen LogP contribution in [0.15, 0.2) is 108 Å². The number of ether oxygens (including phenoxy) is 2. The van der Waals surface area contributed by atoms with Gasteiger partial charge >= 0.3 is 0 Å². The Labute approximate surface area is 276 Å². The molecule has 14 heteroatoms. The molecule has 1 amide bonds. The number of rotatable bonds is 9. The molecule has 0 saturated carbocycles. The van der Waals surface area contributed by atoms with Gasteiger partial charge in [0.25, 0.3) is 11.5 Å². The first-order chi connectivity index (χ1) is 23.8. The molecule has 0 bridgehead atoms.